The Labute approximate surface area is 161 Å². The van der Waals surface area contributed by atoms with Gasteiger partial charge in [0, 0.05) is 24.4 Å². The maximum atomic E-state index is 13.4. The first-order chi connectivity index (χ1) is 12.9. The van der Waals surface area contributed by atoms with E-state index >= 15 is 0 Å². The van der Waals surface area contributed by atoms with E-state index in [-0.39, 0.29) is 24.4 Å². The fourth-order valence-corrected chi connectivity index (χ4v) is 5.10. The van der Waals surface area contributed by atoms with Crippen LogP contribution in [0.3, 0.4) is 0 Å². The van der Waals surface area contributed by atoms with Crippen LogP contribution in [0.1, 0.15) is 63.9 Å². The number of benzene rings is 1. The minimum atomic E-state index is -0.884. The maximum absolute atomic E-state index is 13.4. The molecule has 5 heteroatoms. The molecule has 1 saturated carbocycles. The van der Waals surface area contributed by atoms with Gasteiger partial charge in [-0.1, -0.05) is 31.4 Å². The zero-order chi connectivity index (χ0) is 19.4. The van der Waals surface area contributed by atoms with Crippen molar-refractivity contribution in [2.24, 2.45) is 5.92 Å². The Kier molecular flexibility index (Phi) is 6.53. The van der Waals surface area contributed by atoms with Crippen molar-refractivity contribution >= 4 is 5.91 Å². The molecule has 3 rings (SSSR count). The van der Waals surface area contributed by atoms with Crippen molar-refractivity contribution in [1.29, 1.82) is 0 Å². The molecule has 0 aromatic heterocycles. The number of aliphatic hydroxyl groups is 2. The molecular formula is C22H32FNO3. The summed E-state index contributed by atoms with van der Waals surface area (Å²) < 4.78 is 13.4. The molecule has 1 amide bonds. The summed E-state index contributed by atoms with van der Waals surface area (Å²) >= 11 is 0. The molecule has 2 fully saturated rings. The Morgan fingerprint density at radius 2 is 1.89 bits per heavy atom. The predicted molar refractivity (Wildman–Crippen MR) is 103 cm³/mol. The lowest BCUT2D eigenvalue weighted by atomic mass is 9.68. The largest absolute Gasteiger partial charge is 0.394 e. The van der Waals surface area contributed by atoms with Crippen LogP contribution in [0.25, 0.3) is 0 Å². The van der Waals surface area contributed by atoms with E-state index in [1.165, 1.54) is 44.2 Å². The normalized spacial score (nSPS) is 26.8. The van der Waals surface area contributed by atoms with Crippen LogP contribution in [0.15, 0.2) is 24.3 Å². The molecule has 0 radical (unpaired) electrons. The molecule has 0 spiro atoms. The van der Waals surface area contributed by atoms with Gasteiger partial charge < -0.3 is 15.1 Å². The lowest BCUT2D eigenvalue weighted by Gasteiger charge is -2.46. The molecule has 150 valence electrons. The van der Waals surface area contributed by atoms with Crippen molar-refractivity contribution in [2.45, 2.75) is 75.9 Å². The summed E-state index contributed by atoms with van der Waals surface area (Å²) in [5.41, 5.74) is 0.324. The highest BCUT2D eigenvalue weighted by atomic mass is 19.1. The second-order valence-corrected chi connectivity index (χ2v) is 8.48. The highest BCUT2D eigenvalue weighted by Crippen LogP contribution is 2.42. The number of aliphatic hydroxyl groups excluding tert-OH is 2. The summed E-state index contributed by atoms with van der Waals surface area (Å²) in [6, 6.07) is 6.49. The molecule has 1 aliphatic carbocycles. The third kappa shape index (κ3) is 4.52. The number of rotatable bonds is 6. The number of hydrogen-bond acceptors (Lipinski definition) is 3. The van der Waals surface area contributed by atoms with E-state index in [9.17, 15) is 19.4 Å². The highest BCUT2D eigenvalue weighted by molar-refractivity contribution is 5.79. The van der Waals surface area contributed by atoms with Crippen molar-refractivity contribution in [3.05, 3.63) is 35.6 Å². The number of carbonyl (C=O) groups excluding carboxylic acids is 1. The highest BCUT2D eigenvalue weighted by Gasteiger charge is 2.43. The van der Waals surface area contributed by atoms with Crippen molar-refractivity contribution in [1.82, 2.24) is 4.90 Å². The number of carbonyl (C=O) groups is 1. The average Bonchev–Trinajstić information content (AvgIpc) is 2.68. The summed E-state index contributed by atoms with van der Waals surface area (Å²) in [4.78, 5) is 15.1. The Morgan fingerprint density at radius 1 is 1.22 bits per heavy atom. The predicted octanol–water partition coefficient (Wildman–Crippen LogP) is 3.40. The lowest BCUT2D eigenvalue weighted by molar-refractivity contribution is -0.140. The molecule has 27 heavy (non-hydrogen) atoms. The van der Waals surface area contributed by atoms with Crippen LogP contribution >= 0.6 is 0 Å². The molecule has 2 N–H and O–H groups in total. The zero-order valence-corrected chi connectivity index (χ0v) is 16.2. The molecule has 3 atom stereocenters. The summed E-state index contributed by atoms with van der Waals surface area (Å²) in [6.45, 7) is 2.48. The van der Waals surface area contributed by atoms with Crippen molar-refractivity contribution in [3.63, 3.8) is 0 Å². The number of amides is 1. The van der Waals surface area contributed by atoms with Crippen LogP contribution in [-0.2, 0) is 10.2 Å². The summed E-state index contributed by atoms with van der Waals surface area (Å²) in [5.74, 6) is 0.365. The Balaban J connectivity index is 1.79. The molecular weight excluding hydrogens is 345 g/mol. The van der Waals surface area contributed by atoms with Crippen molar-refractivity contribution in [3.8, 4) is 0 Å². The molecule has 1 heterocycles. The molecule has 0 unspecified atom stereocenters. The van der Waals surface area contributed by atoms with Crippen LogP contribution in [0, 0.1) is 11.7 Å². The smallest absolute Gasteiger partial charge is 0.223 e. The summed E-state index contributed by atoms with van der Waals surface area (Å²) in [7, 11) is 0. The van der Waals surface area contributed by atoms with Crippen molar-refractivity contribution in [2.75, 3.05) is 13.2 Å². The van der Waals surface area contributed by atoms with Gasteiger partial charge in [0.25, 0.3) is 0 Å². The fourth-order valence-electron chi connectivity index (χ4n) is 5.10. The zero-order valence-electron chi connectivity index (χ0n) is 16.2. The summed E-state index contributed by atoms with van der Waals surface area (Å²) in [6.07, 6.45) is 6.62. The van der Waals surface area contributed by atoms with Crippen LogP contribution < -0.4 is 0 Å². The van der Waals surface area contributed by atoms with Gasteiger partial charge in [-0.3, -0.25) is 4.79 Å². The van der Waals surface area contributed by atoms with Gasteiger partial charge in [0.2, 0.25) is 5.91 Å². The molecule has 4 nitrogen and oxygen atoms in total. The third-order valence-corrected chi connectivity index (χ3v) is 6.76. The van der Waals surface area contributed by atoms with Gasteiger partial charge in [-0.25, -0.2) is 4.39 Å². The SMILES string of the molecule is C[C@@H](C1CCCCC1)N1CC[C@](C[C@H](O)CO)(c2ccc(F)cc2)CC1=O. The van der Waals surface area contributed by atoms with Gasteiger partial charge in [-0.2, -0.15) is 0 Å². The second-order valence-electron chi connectivity index (χ2n) is 8.48. The standard InChI is InChI=1S/C22H32FNO3/c1-16(17-5-3-2-4-6-17)24-12-11-22(14-21(24)27,13-20(26)15-25)18-7-9-19(23)10-8-18/h7-10,16-17,20,25-26H,2-6,11-15H2,1H3/t16-,20-,22+/m0/s1. The van der Waals surface area contributed by atoms with Crippen LogP contribution in [0.5, 0.6) is 0 Å². The molecule has 2 aliphatic rings. The van der Waals surface area contributed by atoms with Gasteiger partial charge in [0.1, 0.15) is 5.82 Å². The van der Waals surface area contributed by atoms with Crippen LogP contribution in [-0.4, -0.2) is 46.3 Å². The van der Waals surface area contributed by atoms with E-state index in [0.29, 0.717) is 25.3 Å². The van der Waals surface area contributed by atoms with Gasteiger partial charge in [0.15, 0.2) is 0 Å². The first-order valence-electron chi connectivity index (χ1n) is 10.3. The van der Waals surface area contributed by atoms with E-state index in [1.54, 1.807) is 12.1 Å². The van der Waals surface area contributed by atoms with E-state index in [2.05, 4.69) is 6.92 Å². The van der Waals surface area contributed by atoms with E-state index in [1.807, 2.05) is 4.90 Å². The second kappa shape index (κ2) is 8.70. The van der Waals surface area contributed by atoms with E-state index in [0.717, 1.165) is 12.0 Å². The lowest BCUT2D eigenvalue weighted by Crippen LogP contribution is -2.52. The Morgan fingerprint density at radius 3 is 2.48 bits per heavy atom. The monoisotopic (exact) mass is 377 g/mol. The molecule has 1 aliphatic heterocycles. The van der Waals surface area contributed by atoms with Gasteiger partial charge in [-0.15, -0.1) is 0 Å². The first-order valence-corrected chi connectivity index (χ1v) is 10.3. The van der Waals surface area contributed by atoms with Crippen molar-refractivity contribution < 1.29 is 19.4 Å². The van der Waals surface area contributed by atoms with E-state index in [4.69, 9.17) is 0 Å². The molecule has 0 bridgehead atoms. The minimum absolute atomic E-state index is 0.105. The fraction of sp³-hybridized carbons (Fsp3) is 0.682. The summed E-state index contributed by atoms with van der Waals surface area (Å²) in [5, 5.41) is 19.4. The maximum Gasteiger partial charge on any atom is 0.223 e. The van der Waals surface area contributed by atoms with Gasteiger partial charge in [0.05, 0.1) is 12.7 Å². The minimum Gasteiger partial charge on any atom is -0.394 e. The Hall–Kier alpha value is -1.46. The number of likely N-dealkylation sites (tertiary alicyclic amines) is 1. The molecule has 1 aromatic rings. The molecule has 1 aromatic carbocycles. The number of hydrogen-bond donors (Lipinski definition) is 2. The van der Waals surface area contributed by atoms with Gasteiger partial charge >= 0.3 is 0 Å². The quantitative estimate of drug-likeness (QED) is 0.799. The van der Waals surface area contributed by atoms with Gasteiger partial charge in [-0.05, 0) is 56.2 Å². The number of halogens is 1. The average molecular weight is 378 g/mol. The first kappa shape index (κ1) is 20.3. The van der Waals surface area contributed by atoms with Crippen LogP contribution in [0.2, 0.25) is 0 Å². The van der Waals surface area contributed by atoms with Crippen LogP contribution in [0.4, 0.5) is 4.39 Å². The third-order valence-electron chi connectivity index (χ3n) is 6.76. The van der Waals surface area contributed by atoms with E-state index < -0.39 is 11.5 Å². The topological polar surface area (TPSA) is 60.8 Å². The number of piperidine rings is 1. The Bertz CT molecular complexity index is 629. The number of nitrogens with zero attached hydrogens (tertiary/aromatic N) is 1. The molecule has 1 saturated heterocycles.